The van der Waals surface area contributed by atoms with Crippen molar-refractivity contribution >= 4 is 15.0 Å². The van der Waals surface area contributed by atoms with E-state index in [2.05, 4.69) is 67.5 Å². The molecule has 0 unspecified atom stereocenters. The monoisotopic (exact) mass is 288 g/mol. The van der Waals surface area contributed by atoms with Gasteiger partial charge in [-0.05, 0) is 17.5 Å². The van der Waals surface area contributed by atoms with Crippen LogP contribution >= 0.6 is 0 Å². The summed E-state index contributed by atoms with van der Waals surface area (Å²) in [4.78, 5) is 0. The summed E-state index contributed by atoms with van der Waals surface area (Å²) >= 11 is 0. The Hall–Kier alpha value is -1.51. The smallest absolute Gasteiger partial charge is 0.437 e. The summed E-state index contributed by atoms with van der Waals surface area (Å²) in [6.45, 7) is 3.11. The largest absolute Gasteiger partial charge is 0.550 e. The van der Waals surface area contributed by atoms with Crippen LogP contribution in [-0.4, -0.2) is 31.9 Å². The molecule has 0 aromatic heterocycles. The van der Waals surface area contributed by atoms with E-state index < -0.39 is 5.60 Å². The molecule has 22 heavy (non-hydrogen) atoms. The molecule has 108 valence electrons. The number of hydrogen-bond donors (Lipinski definition) is 0. The molecule has 4 heteroatoms. The van der Waals surface area contributed by atoms with Gasteiger partial charge in [-0.3, -0.25) is 0 Å². The van der Waals surface area contributed by atoms with Gasteiger partial charge in [0, 0.05) is 19.8 Å². The first-order valence-electron chi connectivity index (χ1n) is 8.13. The molecule has 0 spiro atoms. The highest BCUT2D eigenvalue weighted by Gasteiger charge is 2.65. The lowest BCUT2D eigenvalue weighted by Gasteiger charge is -2.39. The summed E-state index contributed by atoms with van der Waals surface area (Å²) in [6.07, 6.45) is 2.26. The van der Waals surface area contributed by atoms with Crippen LogP contribution in [0.1, 0.15) is 24.0 Å². The molecule has 2 aromatic carbocycles. The summed E-state index contributed by atoms with van der Waals surface area (Å²) in [5.74, 6) is 0. The highest BCUT2D eigenvalue weighted by atomic mass is 16.5. The van der Waals surface area contributed by atoms with Crippen molar-refractivity contribution in [2.24, 2.45) is 0 Å². The van der Waals surface area contributed by atoms with Crippen molar-refractivity contribution in [3.63, 3.8) is 0 Å². The fourth-order valence-corrected chi connectivity index (χ4v) is 4.44. The molecule has 2 saturated heterocycles. The first kappa shape index (κ1) is 14.1. The fourth-order valence-electron chi connectivity index (χ4n) is 4.44. The molecule has 2 aliphatic heterocycles. The second-order valence-electron chi connectivity index (χ2n) is 6.56. The predicted octanol–water partition coefficient (Wildman–Crippen LogP) is 3.14. The molecule has 2 atom stereocenters. The molecule has 2 aliphatic rings. The van der Waals surface area contributed by atoms with Gasteiger partial charge in [0.2, 0.25) is 0 Å². The molecule has 4 rings (SSSR count). The highest BCUT2D eigenvalue weighted by Crippen LogP contribution is 2.51. The number of hydrogen-bond acceptors (Lipinski definition) is 1. The molecule has 0 bridgehead atoms. The van der Waals surface area contributed by atoms with Gasteiger partial charge in [0.1, 0.15) is 0 Å². The zero-order chi connectivity index (χ0) is 15.2. The Kier molecular flexibility index (Phi) is 3.21. The quantitative estimate of drug-likeness (QED) is 0.771. The number of fused-ring (bicyclic) bond motifs is 1. The Morgan fingerprint density at radius 1 is 1.05 bits per heavy atom. The Morgan fingerprint density at radius 2 is 1.59 bits per heavy atom. The molecule has 2 aromatic rings. The van der Waals surface area contributed by atoms with E-state index in [1.165, 1.54) is 11.1 Å². The maximum Gasteiger partial charge on any atom is 0.550 e. The molecular formula is C18H20B2NO+. The molecule has 2 radical (unpaired) electrons. The zero-order valence-electron chi connectivity index (χ0n) is 13.0. The maximum absolute atomic E-state index is 6.77. The van der Waals surface area contributed by atoms with Crippen LogP contribution in [0, 0.1) is 0 Å². The Bertz CT molecular complexity index is 624. The number of benzene rings is 2. The lowest BCUT2D eigenvalue weighted by Crippen LogP contribution is -2.55. The van der Waals surface area contributed by atoms with Crippen molar-refractivity contribution in [1.29, 1.82) is 0 Å². The molecule has 2 nitrogen and oxygen atoms in total. The normalized spacial score (nSPS) is 29.5. The first-order chi connectivity index (χ1) is 10.7. The highest BCUT2D eigenvalue weighted by molar-refractivity contribution is 6.47. The minimum absolute atomic E-state index is 0.00733. The Labute approximate surface area is 134 Å². The van der Waals surface area contributed by atoms with Gasteiger partial charge in [-0.15, -0.1) is 0 Å². The Balaban J connectivity index is 1.95. The van der Waals surface area contributed by atoms with Gasteiger partial charge in [0.25, 0.3) is 0 Å². The van der Waals surface area contributed by atoms with E-state index in [-0.39, 0.29) is 13.1 Å². The Morgan fingerprint density at radius 3 is 2.14 bits per heavy atom. The minimum atomic E-state index is -0.437. The summed E-state index contributed by atoms with van der Waals surface area (Å²) in [5.41, 5.74) is 1.99. The van der Waals surface area contributed by atoms with Gasteiger partial charge in [-0.2, -0.15) is 0 Å². The van der Waals surface area contributed by atoms with E-state index in [0.717, 1.165) is 19.4 Å². The van der Waals surface area contributed by atoms with Gasteiger partial charge in [0.15, 0.2) is 5.60 Å². The third kappa shape index (κ3) is 1.77. The van der Waals surface area contributed by atoms with Gasteiger partial charge >= 0.3 is 15.0 Å². The van der Waals surface area contributed by atoms with Gasteiger partial charge in [-0.25, -0.2) is 0 Å². The third-order valence-corrected chi connectivity index (χ3v) is 5.51. The molecule has 0 saturated carbocycles. The summed E-state index contributed by atoms with van der Waals surface area (Å²) in [6, 6.07) is 21.4. The fraction of sp³-hybridized carbons (Fsp3) is 0.333. The lowest BCUT2D eigenvalue weighted by molar-refractivity contribution is -0.716. The van der Waals surface area contributed by atoms with E-state index in [9.17, 15) is 0 Å². The second kappa shape index (κ2) is 5.00. The topological polar surface area (TPSA) is 9.23 Å². The first-order valence-corrected chi connectivity index (χ1v) is 8.13. The van der Waals surface area contributed by atoms with Crippen LogP contribution in [0.3, 0.4) is 0 Å². The molecule has 2 heterocycles. The molecular weight excluding hydrogens is 268 g/mol. The van der Waals surface area contributed by atoms with Crippen molar-refractivity contribution in [2.45, 2.75) is 31.3 Å². The standard InChI is InChI=1S/C18H20B2NO/c1-20-21(19)14-8-13-17(21)18(22-20,15-9-4-2-5-10-15)16-11-6-3-7-12-16/h2-7,9-12,17H,8,13-14H2,1H3/q+1/t17-,21-/m1/s1. The molecule has 0 amide bonds. The summed E-state index contributed by atoms with van der Waals surface area (Å²) in [7, 11) is 6.78. The molecule has 0 N–H and O–H groups in total. The van der Waals surface area contributed by atoms with Gasteiger partial charge < -0.3 is 8.96 Å². The predicted molar refractivity (Wildman–Crippen MR) is 90.3 cm³/mol. The summed E-state index contributed by atoms with van der Waals surface area (Å²) in [5, 5.41) is 0. The second-order valence-corrected chi connectivity index (χ2v) is 6.56. The molecule has 2 fully saturated rings. The van der Waals surface area contributed by atoms with Crippen LogP contribution < -0.4 is 0 Å². The van der Waals surface area contributed by atoms with Crippen LogP contribution in [-0.2, 0) is 10.3 Å². The van der Waals surface area contributed by atoms with Crippen molar-refractivity contribution < 1.29 is 8.96 Å². The van der Waals surface area contributed by atoms with Crippen molar-refractivity contribution in [1.82, 2.24) is 0 Å². The van der Waals surface area contributed by atoms with Crippen LogP contribution in [0.5, 0.6) is 0 Å². The van der Waals surface area contributed by atoms with E-state index in [4.69, 9.17) is 12.6 Å². The van der Waals surface area contributed by atoms with Gasteiger partial charge in [0.05, 0.1) is 6.04 Å². The zero-order valence-corrected chi connectivity index (χ0v) is 13.0. The lowest BCUT2D eigenvalue weighted by atomic mass is 9.75. The van der Waals surface area contributed by atoms with E-state index >= 15 is 0 Å². The number of rotatable bonds is 2. The minimum Gasteiger partial charge on any atom is -0.437 e. The number of nitrogens with zero attached hydrogens (tertiary/aromatic N) is 1. The van der Waals surface area contributed by atoms with Crippen LogP contribution in [0.4, 0.5) is 0 Å². The SMILES string of the molecule is [B][N@@+]12CCC[C@@H]1C(c1ccccc1)(c1ccccc1)OB2C. The van der Waals surface area contributed by atoms with Crippen molar-refractivity contribution in [3.8, 4) is 0 Å². The maximum atomic E-state index is 6.77. The average Bonchev–Trinajstić information content (AvgIpc) is 3.06. The average molecular weight is 288 g/mol. The third-order valence-electron chi connectivity index (χ3n) is 5.51. The van der Waals surface area contributed by atoms with Gasteiger partial charge in [-0.1, -0.05) is 60.7 Å². The van der Waals surface area contributed by atoms with Crippen molar-refractivity contribution in [2.75, 3.05) is 6.54 Å². The van der Waals surface area contributed by atoms with Crippen molar-refractivity contribution in [3.05, 3.63) is 71.8 Å². The van der Waals surface area contributed by atoms with Crippen LogP contribution in [0.2, 0.25) is 6.82 Å². The van der Waals surface area contributed by atoms with E-state index in [1.807, 2.05) is 0 Å². The number of quaternary nitrogens is 1. The van der Waals surface area contributed by atoms with Crippen LogP contribution in [0.25, 0.3) is 0 Å². The van der Waals surface area contributed by atoms with Crippen LogP contribution in [0.15, 0.2) is 60.7 Å². The summed E-state index contributed by atoms with van der Waals surface area (Å²) < 4.78 is 7.17. The molecule has 0 aliphatic carbocycles. The van der Waals surface area contributed by atoms with E-state index in [0.29, 0.717) is 4.31 Å². The van der Waals surface area contributed by atoms with E-state index in [1.54, 1.807) is 0 Å².